The quantitative estimate of drug-likeness (QED) is 0.808. The first-order valence-corrected chi connectivity index (χ1v) is 6.59. The van der Waals surface area contributed by atoms with Gasteiger partial charge in [-0.15, -0.1) is 0 Å². The van der Waals surface area contributed by atoms with E-state index in [-0.39, 0.29) is 11.5 Å². The highest BCUT2D eigenvalue weighted by atomic mass is 16.5. The molecule has 1 amide bonds. The zero-order valence-corrected chi connectivity index (χ0v) is 12.2. The van der Waals surface area contributed by atoms with Crippen molar-refractivity contribution in [1.29, 1.82) is 5.26 Å². The Morgan fingerprint density at radius 3 is 2.52 bits per heavy atom. The number of nitrogen functional groups attached to an aromatic ring is 1. The van der Waals surface area contributed by atoms with Gasteiger partial charge < -0.3 is 15.8 Å². The molecule has 0 saturated carbocycles. The molecule has 0 aliphatic rings. The monoisotopic (exact) mass is 311 g/mol. The number of nitriles is 1. The van der Waals surface area contributed by atoms with Crippen molar-refractivity contribution in [2.45, 2.75) is 13.0 Å². The highest BCUT2D eigenvalue weighted by Gasteiger charge is 2.21. The molecule has 1 aromatic carbocycles. The highest BCUT2D eigenvalue weighted by Crippen LogP contribution is 2.11. The molecule has 8 heteroatoms. The van der Waals surface area contributed by atoms with Crippen LogP contribution in [0.1, 0.15) is 23.0 Å². The first-order chi connectivity index (χ1) is 11.0. The third kappa shape index (κ3) is 4.01. The lowest BCUT2D eigenvalue weighted by atomic mass is 10.2. The number of hydrogen-bond acceptors (Lipinski definition) is 7. The number of esters is 1. The van der Waals surface area contributed by atoms with Crippen LogP contribution in [0.5, 0.6) is 0 Å². The van der Waals surface area contributed by atoms with E-state index in [2.05, 4.69) is 15.3 Å². The minimum Gasteiger partial charge on any atom is -0.448 e. The molecule has 8 nitrogen and oxygen atoms in total. The van der Waals surface area contributed by atoms with Gasteiger partial charge in [0.25, 0.3) is 5.91 Å². The maximum Gasteiger partial charge on any atom is 0.361 e. The van der Waals surface area contributed by atoms with E-state index in [0.717, 1.165) is 0 Å². The third-order valence-electron chi connectivity index (χ3n) is 2.85. The van der Waals surface area contributed by atoms with Crippen LogP contribution in [0.15, 0.2) is 36.7 Å². The number of amides is 1. The maximum absolute atomic E-state index is 12.0. The van der Waals surface area contributed by atoms with Crippen LogP contribution in [0.2, 0.25) is 0 Å². The Kier molecular flexibility index (Phi) is 4.84. The molecule has 0 spiro atoms. The van der Waals surface area contributed by atoms with E-state index in [0.29, 0.717) is 11.3 Å². The molecule has 0 bridgehead atoms. The van der Waals surface area contributed by atoms with Crippen molar-refractivity contribution < 1.29 is 14.3 Å². The number of benzene rings is 1. The number of anilines is 2. The number of rotatable bonds is 4. The van der Waals surface area contributed by atoms with Crippen LogP contribution >= 0.6 is 0 Å². The Labute approximate surface area is 131 Å². The molecule has 0 unspecified atom stereocenters. The molecule has 23 heavy (non-hydrogen) atoms. The first kappa shape index (κ1) is 15.9. The summed E-state index contributed by atoms with van der Waals surface area (Å²) < 4.78 is 5.01. The summed E-state index contributed by atoms with van der Waals surface area (Å²) in [5.41, 5.74) is 6.33. The zero-order chi connectivity index (χ0) is 16.8. The summed E-state index contributed by atoms with van der Waals surface area (Å²) in [6.45, 7) is 1.42. The minimum absolute atomic E-state index is 0.0720. The van der Waals surface area contributed by atoms with Gasteiger partial charge in [-0.2, -0.15) is 5.26 Å². The summed E-state index contributed by atoms with van der Waals surface area (Å²) >= 11 is 0. The zero-order valence-electron chi connectivity index (χ0n) is 12.2. The maximum atomic E-state index is 12.0. The molecule has 3 N–H and O–H groups in total. The summed E-state index contributed by atoms with van der Waals surface area (Å²) in [5.74, 6) is -1.43. The van der Waals surface area contributed by atoms with E-state index >= 15 is 0 Å². The average Bonchev–Trinajstić information content (AvgIpc) is 2.55. The fourth-order valence-corrected chi connectivity index (χ4v) is 1.65. The molecule has 1 atom stereocenters. The van der Waals surface area contributed by atoms with Crippen LogP contribution in [0.3, 0.4) is 0 Å². The molecular weight excluding hydrogens is 298 g/mol. The summed E-state index contributed by atoms with van der Waals surface area (Å²) in [6.07, 6.45) is 1.58. The van der Waals surface area contributed by atoms with Gasteiger partial charge in [0, 0.05) is 18.1 Å². The number of aromatic nitrogens is 2. The smallest absolute Gasteiger partial charge is 0.361 e. The highest BCUT2D eigenvalue weighted by molar-refractivity contribution is 5.98. The second-order valence-corrected chi connectivity index (χ2v) is 4.52. The van der Waals surface area contributed by atoms with Gasteiger partial charge in [0.15, 0.2) is 17.6 Å². The first-order valence-electron chi connectivity index (χ1n) is 6.59. The molecule has 2 aromatic rings. The summed E-state index contributed by atoms with van der Waals surface area (Å²) in [4.78, 5) is 31.4. The van der Waals surface area contributed by atoms with Gasteiger partial charge in [-0.25, -0.2) is 14.8 Å². The van der Waals surface area contributed by atoms with E-state index in [1.807, 2.05) is 6.07 Å². The van der Waals surface area contributed by atoms with E-state index in [4.69, 9.17) is 15.7 Å². The van der Waals surface area contributed by atoms with Crippen molar-refractivity contribution in [3.63, 3.8) is 0 Å². The molecule has 0 radical (unpaired) electrons. The third-order valence-corrected chi connectivity index (χ3v) is 2.85. The Balaban J connectivity index is 1.98. The molecule has 0 fully saturated rings. The molecule has 2 rings (SSSR count). The second-order valence-electron chi connectivity index (χ2n) is 4.52. The predicted molar refractivity (Wildman–Crippen MR) is 81.1 cm³/mol. The van der Waals surface area contributed by atoms with Crippen LogP contribution in [-0.4, -0.2) is 27.9 Å². The van der Waals surface area contributed by atoms with Crippen LogP contribution in [0.25, 0.3) is 0 Å². The number of nitrogens with zero attached hydrogens (tertiary/aromatic N) is 3. The number of ether oxygens (including phenoxy) is 1. The number of nitrogens with one attached hydrogen (secondary N) is 1. The SMILES string of the molecule is C[C@@H](OC(=O)c1nccnc1N)C(=O)Nc1ccc(C#N)cc1. The van der Waals surface area contributed by atoms with Crippen molar-refractivity contribution in [2.24, 2.45) is 0 Å². The van der Waals surface area contributed by atoms with Crippen LogP contribution < -0.4 is 11.1 Å². The van der Waals surface area contributed by atoms with Crippen LogP contribution in [0.4, 0.5) is 11.5 Å². The number of carbonyl (C=O) groups excluding carboxylic acids is 2. The lowest BCUT2D eigenvalue weighted by Crippen LogP contribution is -2.30. The summed E-state index contributed by atoms with van der Waals surface area (Å²) in [5, 5.41) is 11.3. The van der Waals surface area contributed by atoms with Gasteiger partial charge in [-0.05, 0) is 31.2 Å². The average molecular weight is 311 g/mol. The molecule has 1 heterocycles. The van der Waals surface area contributed by atoms with Crippen molar-refractivity contribution in [3.05, 3.63) is 47.9 Å². The fraction of sp³-hybridized carbons (Fsp3) is 0.133. The molecule has 0 saturated heterocycles. The standard InChI is InChI=1S/C15H13N5O3/c1-9(23-15(22)12-13(17)19-7-6-18-12)14(21)20-11-4-2-10(8-16)3-5-11/h2-7,9H,1H3,(H2,17,19)(H,20,21)/t9-/m1/s1. The fourth-order valence-electron chi connectivity index (χ4n) is 1.65. The summed E-state index contributed by atoms with van der Waals surface area (Å²) in [6, 6.07) is 8.25. The van der Waals surface area contributed by atoms with Crippen LogP contribution in [-0.2, 0) is 9.53 Å². The van der Waals surface area contributed by atoms with Gasteiger partial charge >= 0.3 is 5.97 Å². The molecule has 1 aromatic heterocycles. The number of nitrogens with two attached hydrogens (primary N) is 1. The molecular formula is C15H13N5O3. The van der Waals surface area contributed by atoms with Gasteiger partial charge in [-0.1, -0.05) is 0 Å². The predicted octanol–water partition coefficient (Wildman–Crippen LogP) is 1.11. The molecule has 0 aliphatic carbocycles. The van der Waals surface area contributed by atoms with Crippen molar-refractivity contribution in [2.75, 3.05) is 11.1 Å². The summed E-state index contributed by atoms with van der Waals surface area (Å²) in [7, 11) is 0. The Morgan fingerprint density at radius 2 is 1.91 bits per heavy atom. The number of hydrogen-bond donors (Lipinski definition) is 2. The van der Waals surface area contributed by atoms with E-state index in [1.165, 1.54) is 19.3 Å². The van der Waals surface area contributed by atoms with Gasteiger partial charge in [0.05, 0.1) is 11.6 Å². The normalized spacial score (nSPS) is 11.1. The Morgan fingerprint density at radius 1 is 1.26 bits per heavy atom. The van der Waals surface area contributed by atoms with E-state index in [9.17, 15) is 9.59 Å². The minimum atomic E-state index is -1.06. The van der Waals surface area contributed by atoms with Crippen molar-refractivity contribution >= 4 is 23.4 Å². The Hall–Kier alpha value is -3.47. The van der Waals surface area contributed by atoms with Gasteiger partial charge in [-0.3, -0.25) is 4.79 Å². The largest absolute Gasteiger partial charge is 0.448 e. The molecule has 0 aliphatic heterocycles. The van der Waals surface area contributed by atoms with Gasteiger partial charge in [0.2, 0.25) is 0 Å². The van der Waals surface area contributed by atoms with E-state index < -0.39 is 18.0 Å². The topological polar surface area (TPSA) is 131 Å². The van der Waals surface area contributed by atoms with Crippen LogP contribution in [0, 0.1) is 11.3 Å². The molecule has 116 valence electrons. The van der Waals surface area contributed by atoms with E-state index in [1.54, 1.807) is 24.3 Å². The number of carbonyl (C=O) groups is 2. The lowest BCUT2D eigenvalue weighted by Gasteiger charge is -2.13. The lowest BCUT2D eigenvalue weighted by molar-refractivity contribution is -0.123. The van der Waals surface area contributed by atoms with Crippen molar-refractivity contribution in [3.8, 4) is 6.07 Å². The second kappa shape index (κ2) is 7.00. The van der Waals surface area contributed by atoms with Crippen molar-refractivity contribution in [1.82, 2.24) is 9.97 Å². The Bertz CT molecular complexity index is 767. The van der Waals surface area contributed by atoms with Gasteiger partial charge in [0.1, 0.15) is 0 Å².